The fraction of sp³-hybridized carbons (Fsp3) is 0.250. The molecule has 7 heteroatoms. The maximum absolute atomic E-state index is 13.8. The molecule has 2 aromatic rings. The molecule has 142 valence electrons. The molecule has 1 atom stereocenters. The second-order valence-electron chi connectivity index (χ2n) is 6.46. The molecule has 0 aliphatic carbocycles. The van der Waals surface area contributed by atoms with Crippen molar-refractivity contribution in [1.82, 2.24) is 10.6 Å². The molecule has 0 heterocycles. The van der Waals surface area contributed by atoms with Gasteiger partial charge in [0.05, 0.1) is 5.56 Å². The summed E-state index contributed by atoms with van der Waals surface area (Å²) in [5.74, 6) is -2.48. The standard InChI is InChI=1S/C20H22FN3O3/c1-12(2)17(24-19(26)15-8-3-4-9-16(15)21)20(27)23-11-13-6-5-7-14(10-13)18(22)25/h3-10,12,17H,11H2,1-2H3,(H2,22,25)(H,23,27)(H,24,26). The molecule has 0 radical (unpaired) electrons. The molecule has 1 unspecified atom stereocenters. The third kappa shape index (κ3) is 5.37. The third-order valence-corrected chi connectivity index (χ3v) is 4.03. The van der Waals surface area contributed by atoms with Crippen molar-refractivity contribution in [3.8, 4) is 0 Å². The number of benzene rings is 2. The summed E-state index contributed by atoms with van der Waals surface area (Å²) >= 11 is 0. The summed E-state index contributed by atoms with van der Waals surface area (Å²) < 4.78 is 13.8. The Morgan fingerprint density at radius 3 is 2.41 bits per heavy atom. The van der Waals surface area contributed by atoms with Gasteiger partial charge < -0.3 is 16.4 Å². The number of primary amides is 1. The van der Waals surface area contributed by atoms with Gasteiger partial charge in [0.1, 0.15) is 11.9 Å². The Morgan fingerprint density at radius 2 is 1.78 bits per heavy atom. The number of rotatable bonds is 7. The first-order valence-electron chi connectivity index (χ1n) is 8.51. The number of hydrogen-bond acceptors (Lipinski definition) is 3. The van der Waals surface area contributed by atoms with E-state index in [1.807, 2.05) is 0 Å². The maximum Gasteiger partial charge on any atom is 0.254 e. The number of halogens is 1. The van der Waals surface area contributed by atoms with Crippen LogP contribution in [-0.2, 0) is 11.3 Å². The molecule has 0 fully saturated rings. The molecule has 2 aromatic carbocycles. The van der Waals surface area contributed by atoms with Gasteiger partial charge in [-0.05, 0) is 35.7 Å². The van der Waals surface area contributed by atoms with Gasteiger partial charge in [0.2, 0.25) is 11.8 Å². The van der Waals surface area contributed by atoms with Crippen LogP contribution in [0.4, 0.5) is 4.39 Å². The normalized spacial score (nSPS) is 11.7. The number of carbonyl (C=O) groups excluding carboxylic acids is 3. The second-order valence-corrected chi connectivity index (χ2v) is 6.46. The van der Waals surface area contributed by atoms with Gasteiger partial charge in [-0.25, -0.2) is 4.39 Å². The first kappa shape index (κ1) is 20.1. The monoisotopic (exact) mass is 371 g/mol. The summed E-state index contributed by atoms with van der Waals surface area (Å²) in [7, 11) is 0. The van der Waals surface area contributed by atoms with Crippen molar-refractivity contribution in [1.29, 1.82) is 0 Å². The molecule has 0 aliphatic rings. The van der Waals surface area contributed by atoms with E-state index < -0.39 is 29.6 Å². The Bertz CT molecular complexity index is 852. The summed E-state index contributed by atoms with van der Waals surface area (Å²) in [6.07, 6.45) is 0. The summed E-state index contributed by atoms with van der Waals surface area (Å²) in [5, 5.41) is 5.29. The van der Waals surface area contributed by atoms with Crippen LogP contribution < -0.4 is 16.4 Å². The smallest absolute Gasteiger partial charge is 0.254 e. The SMILES string of the molecule is CC(C)C(NC(=O)c1ccccc1F)C(=O)NCc1cccc(C(N)=O)c1. The predicted octanol–water partition coefficient (Wildman–Crippen LogP) is 2.00. The van der Waals surface area contributed by atoms with Gasteiger partial charge in [0.25, 0.3) is 5.91 Å². The number of nitrogens with two attached hydrogens (primary N) is 1. The summed E-state index contributed by atoms with van der Waals surface area (Å²) in [4.78, 5) is 36.0. The van der Waals surface area contributed by atoms with E-state index in [1.54, 1.807) is 44.2 Å². The van der Waals surface area contributed by atoms with Crippen molar-refractivity contribution in [2.45, 2.75) is 26.4 Å². The van der Waals surface area contributed by atoms with Crippen LogP contribution in [0.25, 0.3) is 0 Å². The lowest BCUT2D eigenvalue weighted by Crippen LogP contribution is -2.49. The summed E-state index contributed by atoms with van der Waals surface area (Å²) in [5.41, 5.74) is 6.16. The van der Waals surface area contributed by atoms with Crippen LogP contribution in [0.5, 0.6) is 0 Å². The lowest BCUT2D eigenvalue weighted by Gasteiger charge is -2.22. The summed E-state index contributed by atoms with van der Waals surface area (Å²) in [6, 6.07) is 11.3. The molecule has 0 spiro atoms. The van der Waals surface area contributed by atoms with Gasteiger partial charge in [-0.2, -0.15) is 0 Å². The van der Waals surface area contributed by atoms with E-state index >= 15 is 0 Å². The van der Waals surface area contributed by atoms with Crippen LogP contribution in [0, 0.1) is 11.7 Å². The van der Waals surface area contributed by atoms with Gasteiger partial charge in [-0.15, -0.1) is 0 Å². The molecule has 0 saturated heterocycles. The highest BCUT2D eigenvalue weighted by atomic mass is 19.1. The lowest BCUT2D eigenvalue weighted by molar-refractivity contribution is -0.124. The molecular weight excluding hydrogens is 349 g/mol. The van der Waals surface area contributed by atoms with E-state index in [4.69, 9.17) is 5.73 Å². The molecule has 6 nitrogen and oxygen atoms in total. The van der Waals surface area contributed by atoms with Crippen LogP contribution in [0.3, 0.4) is 0 Å². The van der Waals surface area contributed by atoms with E-state index in [1.165, 1.54) is 18.2 Å². The van der Waals surface area contributed by atoms with Crippen molar-refractivity contribution in [3.05, 3.63) is 71.0 Å². The molecule has 0 aliphatic heterocycles. The van der Waals surface area contributed by atoms with Crippen LogP contribution >= 0.6 is 0 Å². The van der Waals surface area contributed by atoms with Gasteiger partial charge in [-0.1, -0.05) is 38.1 Å². The average molecular weight is 371 g/mol. The lowest BCUT2D eigenvalue weighted by atomic mass is 10.0. The van der Waals surface area contributed by atoms with Crippen molar-refractivity contribution in [2.75, 3.05) is 0 Å². The fourth-order valence-corrected chi connectivity index (χ4v) is 2.53. The topological polar surface area (TPSA) is 101 Å². The molecule has 0 bridgehead atoms. The first-order chi connectivity index (χ1) is 12.8. The average Bonchev–Trinajstić information content (AvgIpc) is 2.64. The fourth-order valence-electron chi connectivity index (χ4n) is 2.53. The molecule has 27 heavy (non-hydrogen) atoms. The number of nitrogens with one attached hydrogen (secondary N) is 2. The van der Waals surface area contributed by atoms with Crippen LogP contribution in [0.1, 0.15) is 40.1 Å². The Hall–Kier alpha value is -3.22. The van der Waals surface area contributed by atoms with Crippen molar-refractivity contribution < 1.29 is 18.8 Å². The quantitative estimate of drug-likeness (QED) is 0.694. The Labute approximate surface area is 156 Å². The van der Waals surface area contributed by atoms with E-state index in [0.717, 1.165) is 0 Å². The summed E-state index contributed by atoms with van der Waals surface area (Å²) in [6.45, 7) is 3.72. The molecule has 2 rings (SSSR count). The molecular formula is C20H22FN3O3. The zero-order valence-electron chi connectivity index (χ0n) is 15.2. The van der Waals surface area contributed by atoms with Crippen LogP contribution in [0.15, 0.2) is 48.5 Å². The van der Waals surface area contributed by atoms with Crippen molar-refractivity contribution >= 4 is 17.7 Å². The van der Waals surface area contributed by atoms with Crippen molar-refractivity contribution in [3.63, 3.8) is 0 Å². The van der Waals surface area contributed by atoms with Gasteiger partial charge in [-0.3, -0.25) is 14.4 Å². The number of amides is 3. The Kier molecular flexibility index (Phi) is 6.65. The number of carbonyl (C=O) groups is 3. The van der Waals surface area contributed by atoms with Gasteiger partial charge in [0.15, 0.2) is 0 Å². The molecule has 3 amide bonds. The zero-order valence-corrected chi connectivity index (χ0v) is 15.2. The first-order valence-corrected chi connectivity index (χ1v) is 8.51. The highest BCUT2D eigenvalue weighted by Crippen LogP contribution is 2.10. The highest BCUT2D eigenvalue weighted by Gasteiger charge is 2.25. The van der Waals surface area contributed by atoms with Crippen molar-refractivity contribution in [2.24, 2.45) is 11.7 Å². The minimum absolute atomic E-state index is 0.120. The Balaban J connectivity index is 2.05. The minimum atomic E-state index is -0.837. The van der Waals surface area contributed by atoms with Crippen LogP contribution in [0.2, 0.25) is 0 Å². The van der Waals surface area contributed by atoms with E-state index in [9.17, 15) is 18.8 Å². The predicted molar refractivity (Wildman–Crippen MR) is 99.3 cm³/mol. The molecule has 0 saturated carbocycles. The highest BCUT2D eigenvalue weighted by molar-refractivity contribution is 5.97. The van der Waals surface area contributed by atoms with E-state index in [0.29, 0.717) is 11.1 Å². The number of hydrogen-bond donors (Lipinski definition) is 3. The second kappa shape index (κ2) is 8.93. The van der Waals surface area contributed by atoms with E-state index in [-0.39, 0.29) is 18.0 Å². The van der Waals surface area contributed by atoms with Crippen LogP contribution in [-0.4, -0.2) is 23.8 Å². The molecule has 0 aromatic heterocycles. The van der Waals surface area contributed by atoms with E-state index in [2.05, 4.69) is 10.6 Å². The molecule has 4 N–H and O–H groups in total. The maximum atomic E-state index is 13.8. The minimum Gasteiger partial charge on any atom is -0.366 e. The Morgan fingerprint density at radius 1 is 1.07 bits per heavy atom. The van der Waals surface area contributed by atoms with Gasteiger partial charge >= 0.3 is 0 Å². The third-order valence-electron chi connectivity index (χ3n) is 4.03. The zero-order chi connectivity index (χ0) is 20.0. The van der Waals surface area contributed by atoms with Gasteiger partial charge in [0, 0.05) is 12.1 Å². The largest absolute Gasteiger partial charge is 0.366 e.